The van der Waals surface area contributed by atoms with Gasteiger partial charge in [-0.05, 0) is 75.3 Å². The van der Waals surface area contributed by atoms with Gasteiger partial charge in [0.25, 0.3) is 0 Å². The summed E-state index contributed by atoms with van der Waals surface area (Å²) in [4.78, 5) is 25.3. The van der Waals surface area contributed by atoms with Gasteiger partial charge in [-0.3, -0.25) is 9.59 Å². The summed E-state index contributed by atoms with van der Waals surface area (Å²) < 4.78 is 0. The van der Waals surface area contributed by atoms with Gasteiger partial charge in [0.1, 0.15) is 0 Å². The molecule has 4 nitrogen and oxygen atoms in total. The number of anilines is 2. The van der Waals surface area contributed by atoms with Gasteiger partial charge in [-0.25, -0.2) is 0 Å². The van der Waals surface area contributed by atoms with Crippen LogP contribution in [0.15, 0.2) is 24.3 Å². The van der Waals surface area contributed by atoms with Crippen LogP contribution >= 0.6 is 0 Å². The summed E-state index contributed by atoms with van der Waals surface area (Å²) in [6.07, 6.45) is 8.33. The summed E-state index contributed by atoms with van der Waals surface area (Å²) in [5, 5.41) is 6.11. The van der Waals surface area contributed by atoms with Crippen molar-refractivity contribution < 1.29 is 9.59 Å². The molecular formula is C22H32N2O2. The van der Waals surface area contributed by atoms with Crippen molar-refractivity contribution in [3.05, 3.63) is 24.3 Å². The van der Waals surface area contributed by atoms with Crippen molar-refractivity contribution in [2.45, 2.75) is 65.2 Å². The van der Waals surface area contributed by atoms with Gasteiger partial charge in [-0.1, -0.05) is 26.0 Å². The topological polar surface area (TPSA) is 58.2 Å². The molecule has 0 spiro atoms. The highest BCUT2D eigenvalue weighted by atomic mass is 16.2. The number of hydrogen-bond donors (Lipinski definition) is 2. The highest BCUT2D eigenvalue weighted by Gasteiger charge is 2.26. The lowest BCUT2D eigenvalue weighted by Crippen LogP contribution is -2.29. The standard InChI is InChI=1S/C22H32N2O2/c1-15-7-11-17(12-8-15)21(25)23-19-5-3-4-6-20(19)24-22(26)18-13-9-16(2)10-14-18/h3-6,15-18H,7-14H2,1-2H3,(H,23,25)(H,24,26). The molecule has 0 saturated heterocycles. The number of nitrogens with one attached hydrogen (secondary N) is 2. The number of benzene rings is 1. The molecule has 0 heterocycles. The van der Waals surface area contributed by atoms with Gasteiger partial charge in [-0.15, -0.1) is 0 Å². The van der Waals surface area contributed by atoms with E-state index in [9.17, 15) is 9.59 Å². The van der Waals surface area contributed by atoms with Gasteiger partial charge in [0.15, 0.2) is 0 Å². The predicted octanol–water partition coefficient (Wildman–Crippen LogP) is 5.22. The molecule has 0 atom stereocenters. The van der Waals surface area contributed by atoms with E-state index in [2.05, 4.69) is 24.5 Å². The first-order valence-electron chi connectivity index (χ1n) is 10.2. The summed E-state index contributed by atoms with van der Waals surface area (Å²) in [7, 11) is 0. The molecule has 0 aliphatic heterocycles. The number of rotatable bonds is 4. The van der Waals surface area contributed by atoms with E-state index < -0.39 is 0 Å². The first-order chi connectivity index (χ1) is 12.5. The van der Waals surface area contributed by atoms with E-state index in [1.165, 1.54) is 0 Å². The van der Waals surface area contributed by atoms with Gasteiger partial charge in [0.05, 0.1) is 11.4 Å². The lowest BCUT2D eigenvalue weighted by molar-refractivity contribution is -0.121. The van der Waals surface area contributed by atoms with Crippen molar-refractivity contribution in [2.75, 3.05) is 10.6 Å². The number of carbonyl (C=O) groups is 2. The summed E-state index contributed by atoms with van der Waals surface area (Å²) in [6, 6.07) is 7.55. The van der Waals surface area contributed by atoms with Crippen LogP contribution in [0.4, 0.5) is 11.4 Å². The molecule has 4 heteroatoms. The first kappa shape index (κ1) is 18.9. The second-order valence-corrected chi connectivity index (χ2v) is 8.44. The number of amides is 2. The van der Waals surface area contributed by atoms with Crippen LogP contribution in [-0.4, -0.2) is 11.8 Å². The van der Waals surface area contributed by atoms with E-state index in [0.717, 1.165) is 63.2 Å². The Balaban J connectivity index is 1.61. The summed E-state index contributed by atoms with van der Waals surface area (Å²) in [5.41, 5.74) is 1.43. The van der Waals surface area contributed by atoms with Crippen LogP contribution in [0.5, 0.6) is 0 Å². The zero-order valence-electron chi connectivity index (χ0n) is 16.1. The Hall–Kier alpha value is -1.84. The SMILES string of the molecule is CC1CCC(C(=O)Nc2ccccc2NC(=O)C2CCC(C)CC2)CC1. The molecule has 1 aromatic carbocycles. The maximum atomic E-state index is 12.6. The average Bonchev–Trinajstić information content (AvgIpc) is 2.64. The van der Waals surface area contributed by atoms with E-state index in [-0.39, 0.29) is 23.7 Å². The van der Waals surface area contributed by atoms with Gasteiger partial charge in [0.2, 0.25) is 11.8 Å². The molecule has 2 saturated carbocycles. The van der Waals surface area contributed by atoms with E-state index in [1.807, 2.05) is 24.3 Å². The largest absolute Gasteiger partial charge is 0.324 e. The molecule has 26 heavy (non-hydrogen) atoms. The molecule has 0 unspecified atom stereocenters. The molecule has 2 amide bonds. The van der Waals surface area contributed by atoms with Crippen molar-refractivity contribution in [1.29, 1.82) is 0 Å². The fourth-order valence-electron chi connectivity index (χ4n) is 4.22. The summed E-state index contributed by atoms with van der Waals surface area (Å²) >= 11 is 0. The Morgan fingerprint density at radius 2 is 1.04 bits per heavy atom. The third-order valence-corrected chi connectivity index (χ3v) is 6.22. The third kappa shape index (κ3) is 4.87. The quantitative estimate of drug-likeness (QED) is 0.777. The first-order valence-corrected chi connectivity index (χ1v) is 10.2. The van der Waals surface area contributed by atoms with Crippen LogP contribution in [0.25, 0.3) is 0 Å². The molecule has 2 N–H and O–H groups in total. The monoisotopic (exact) mass is 356 g/mol. The summed E-state index contributed by atoms with van der Waals surface area (Å²) in [5.74, 6) is 1.81. The van der Waals surface area contributed by atoms with Gasteiger partial charge in [-0.2, -0.15) is 0 Å². The van der Waals surface area contributed by atoms with E-state index in [1.54, 1.807) is 0 Å². The van der Waals surface area contributed by atoms with Crippen LogP contribution < -0.4 is 10.6 Å². The highest BCUT2D eigenvalue weighted by molar-refractivity contribution is 6.00. The minimum absolute atomic E-state index is 0.0880. The maximum Gasteiger partial charge on any atom is 0.227 e. The molecule has 142 valence electrons. The Bertz CT molecular complexity index is 572. The lowest BCUT2D eigenvalue weighted by atomic mass is 9.82. The highest BCUT2D eigenvalue weighted by Crippen LogP contribution is 2.32. The number of hydrogen-bond acceptors (Lipinski definition) is 2. The fourth-order valence-corrected chi connectivity index (χ4v) is 4.22. The number of para-hydroxylation sites is 2. The average molecular weight is 357 g/mol. The second-order valence-electron chi connectivity index (χ2n) is 8.44. The van der Waals surface area contributed by atoms with Crippen molar-refractivity contribution in [2.24, 2.45) is 23.7 Å². The van der Waals surface area contributed by atoms with E-state index in [0.29, 0.717) is 11.4 Å². The minimum atomic E-state index is 0.0880. The minimum Gasteiger partial charge on any atom is -0.324 e. The normalized spacial score (nSPS) is 29.0. The van der Waals surface area contributed by atoms with Crippen molar-refractivity contribution >= 4 is 23.2 Å². The molecule has 1 aromatic rings. The van der Waals surface area contributed by atoms with Crippen molar-refractivity contribution in [3.63, 3.8) is 0 Å². The Morgan fingerprint density at radius 3 is 1.38 bits per heavy atom. The summed E-state index contributed by atoms with van der Waals surface area (Å²) in [6.45, 7) is 4.51. The Labute approximate surface area is 157 Å². The van der Waals surface area contributed by atoms with E-state index in [4.69, 9.17) is 0 Å². The second kappa shape index (κ2) is 8.70. The number of carbonyl (C=O) groups excluding carboxylic acids is 2. The molecule has 0 radical (unpaired) electrons. The predicted molar refractivity (Wildman–Crippen MR) is 106 cm³/mol. The molecule has 0 aromatic heterocycles. The lowest BCUT2D eigenvalue weighted by Gasteiger charge is -2.26. The molecule has 2 fully saturated rings. The van der Waals surface area contributed by atoms with Crippen molar-refractivity contribution in [3.8, 4) is 0 Å². The van der Waals surface area contributed by atoms with Crippen LogP contribution in [0.3, 0.4) is 0 Å². The van der Waals surface area contributed by atoms with Crippen LogP contribution in [0.1, 0.15) is 65.2 Å². The van der Waals surface area contributed by atoms with Crippen LogP contribution in [0, 0.1) is 23.7 Å². The molecule has 2 aliphatic rings. The van der Waals surface area contributed by atoms with Crippen LogP contribution in [-0.2, 0) is 9.59 Å². The van der Waals surface area contributed by atoms with Crippen LogP contribution in [0.2, 0.25) is 0 Å². The Morgan fingerprint density at radius 1 is 0.692 bits per heavy atom. The van der Waals surface area contributed by atoms with Gasteiger partial charge >= 0.3 is 0 Å². The fraction of sp³-hybridized carbons (Fsp3) is 0.636. The third-order valence-electron chi connectivity index (χ3n) is 6.22. The zero-order valence-corrected chi connectivity index (χ0v) is 16.1. The maximum absolute atomic E-state index is 12.6. The van der Waals surface area contributed by atoms with Gasteiger partial charge < -0.3 is 10.6 Å². The molecular weight excluding hydrogens is 324 g/mol. The Kier molecular flexibility index (Phi) is 6.33. The van der Waals surface area contributed by atoms with Crippen molar-refractivity contribution in [1.82, 2.24) is 0 Å². The van der Waals surface area contributed by atoms with E-state index >= 15 is 0 Å². The zero-order chi connectivity index (χ0) is 18.5. The molecule has 2 aliphatic carbocycles. The van der Waals surface area contributed by atoms with Gasteiger partial charge in [0, 0.05) is 11.8 Å². The molecule has 0 bridgehead atoms. The smallest absolute Gasteiger partial charge is 0.227 e. The molecule has 3 rings (SSSR count).